The summed E-state index contributed by atoms with van der Waals surface area (Å²) in [5, 5.41) is 7.26. The molecule has 0 atom stereocenters. The number of likely N-dealkylation sites (tertiary alicyclic amines) is 1. The standard InChI is InChI=1S/C30H37N5O3/c1-20-7-12-24(18-25(20)35-15-5-6-27(35)36)31-29(37)22-13-16-34(17-14-22)19-26-32-28(33-38-26)21-8-10-23(11-9-21)30(2,3)4/h7-12,18,22H,5-6,13-17,19H2,1-4H3,(H,31,37). The molecule has 8 nitrogen and oxygen atoms in total. The van der Waals surface area contributed by atoms with E-state index >= 15 is 0 Å². The molecule has 200 valence electrons. The van der Waals surface area contributed by atoms with E-state index in [9.17, 15) is 9.59 Å². The lowest BCUT2D eigenvalue weighted by molar-refractivity contribution is -0.121. The average Bonchev–Trinajstić information content (AvgIpc) is 3.54. The van der Waals surface area contributed by atoms with Crippen LogP contribution in [0.5, 0.6) is 0 Å². The highest BCUT2D eigenvalue weighted by Gasteiger charge is 2.27. The van der Waals surface area contributed by atoms with Crippen LogP contribution in [-0.2, 0) is 21.5 Å². The van der Waals surface area contributed by atoms with Crippen molar-refractivity contribution in [1.29, 1.82) is 0 Å². The Balaban J connectivity index is 1.13. The van der Waals surface area contributed by atoms with Gasteiger partial charge < -0.3 is 14.7 Å². The van der Waals surface area contributed by atoms with Gasteiger partial charge in [-0.3, -0.25) is 14.5 Å². The molecular formula is C30H37N5O3. The first kappa shape index (κ1) is 26.1. The van der Waals surface area contributed by atoms with Crippen molar-refractivity contribution >= 4 is 23.2 Å². The zero-order chi connectivity index (χ0) is 26.9. The molecule has 0 unspecified atom stereocenters. The summed E-state index contributed by atoms with van der Waals surface area (Å²) in [4.78, 5) is 33.9. The summed E-state index contributed by atoms with van der Waals surface area (Å²) in [7, 11) is 0. The van der Waals surface area contributed by atoms with E-state index in [1.807, 2.05) is 42.2 Å². The lowest BCUT2D eigenvalue weighted by Crippen LogP contribution is -2.37. The molecule has 2 amide bonds. The fourth-order valence-corrected chi connectivity index (χ4v) is 5.23. The Labute approximate surface area is 224 Å². The fourth-order valence-electron chi connectivity index (χ4n) is 5.23. The first-order chi connectivity index (χ1) is 18.2. The first-order valence-electron chi connectivity index (χ1n) is 13.5. The number of carbonyl (C=O) groups excluding carboxylic acids is 2. The Morgan fingerprint density at radius 2 is 1.82 bits per heavy atom. The molecule has 2 aliphatic heterocycles. The van der Waals surface area contributed by atoms with Crippen molar-refractivity contribution in [2.45, 2.75) is 65.3 Å². The smallest absolute Gasteiger partial charge is 0.241 e. The molecule has 1 N–H and O–H groups in total. The van der Waals surface area contributed by atoms with Crippen LogP contribution >= 0.6 is 0 Å². The van der Waals surface area contributed by atoms with Crippen LogP contribution in [0.2, 0.25) is 0 Å². The second-order valence-corrected chi connectivity index (χ2v) is 11.5. The van der Waals surface area contributed by atoms with E-state index in [0.29, 0.717) is 24.7 Å². The van der Waals surface area contributed by atoms with Crippen molar-refractivity contribution in [3.05, 3.63) is 59.5 Å². The van der Waals surface area contributed by atoms with E-state index in [0.717, 1.165) is 61.4 Å². The third kappa shape index (κ3) is 5.80. The third-order valence-corrected chi connectivity index (χ3v) is 7.64. The quantitative estimate of drug-likeness (QED) is 0.478. The van der Waals surface area contributed by atoms with Crippen LogP contribution in [0.1, 0.15) is 63.5 Å². The van der Waals surface area contributed by atoms with Crippen LogP contribution in [0.15, 0.2) is 47.0 Å². The predicted octanol–water partition coefficient (Wildman–Crippen LogP) is 5.32. The van der Waals surface area contributed by atoms with Crippen LogP contribution in [-0.4, -0.2) is 46.5 Å². The number of hydrogen-bond acceptors (Lipinski definition) is 6. The van der Waals surface area contributed by atoms with Crippen molar-refractivity contribution in [2.75, 3.05) is 29.9 Å². The van der Waals surface area contributed by atoms with Crippen LogP contribution in [0, 0.1) is 12.8 Å². The van der Waals surface area contributed by atoms with Gasteiger partial charge >= 0.3 is 0 Å². The predicted molar refractivity (Wildman–Crippen MR) is 148 cm³/mol. The molecule has 0 radical (unpaired) electrons. The second-order valence-electron chi connectivity index (χ2n) is 11.5. The lowest BCUT2D eigenvalue weighted by atomic mass is 9.87. The van der Waals surface area contributed by atoms with Gasteiger partial charge in [0.05, 0.1) is 6.54 Å². The molecule has 1 aromatic heterocycles. The molecule has 2 aliphatic rings. The summed E-state index contributed by atoms with van der Waals surface area (Å²) in [6.45, 7) is 11.5. The Morgan fingerprint density at radius 1 is 1.08 bits per heavy atom. The first-order valence-corrected chi connectivity index (χ1v) is 13.5. The topological polar surface area (TPSA) is 91.6 Å². The molecule has 3 aromatic rings. The Kier molecular flexibility index (Phi) is 7.34. The van der Waals surface area contributed by atoms with Crippen molar-refractivity contribution < 1.29 is 14.1 Å². The summed E-state index contributed by atoms with van der Waals surface area (Å²) in [5.74, 6) is 1.32. The molecule has 2 saturated heterocycles. The number of hydrogen-bond donors (Lipinski definition) is 1. The van der Waals surface area contributed by atoms with Gasteiger partial charge in [0.15, 0.2) is 0 Å². The van der Waals surface area contributed by atoms with Gasteiger partial charge in [-0.05, 0) is 68.0 Å². The number of nitrogens with one attached hydrogen (secondary N) is 1. The normalized spacial score (nSPS) is 17.3. The zero-order valence-electron chi connectivity index (χ0n) is 22.8. The SMILES string of the molecule is Cc1ccc(NC(=O)C2CCN(Cc3nc(-c4ccc(C(C)(C)C)cc4)no3)CC2)cc1N1CCCC1=O. The van der Waals surface area contributed by atoms with Crippen LogP contribution < -0.4 is 10.2 Å². The van der Waals surface area contributed by atoms with E-state index in [2.05, 4.69) is 53.3 Å². The van der Waals surface area contributed by atoms with Gasteiger partial charge in [-0.1, -0.05) is 56.3 Å². The summed E-state index contributed by atoms with van der Waals surface area (Å²) >= 11 is 0. The van der Waals surface area contributed by atoms with Gasteiger partial charge in [0, 0.05) is 35.8 Å². The third-order valence-electron chi connectivity index (χ3n) is 7.64. The number of piperidine rings is 1. The van der Waals surface area contributed by atoms with Crippen molar-refractivity contribution in [2.24, 2.45) is 5.92 Å². The number of anilines is 2. The van der Waals surface area contributed by atoms with E-state index in [1.54, 1.807) is 0 Å². The van der Waals surface area contributed by atoms with Gasteiger partial charge in [-0.15, -0.1) is 0 Å². The van der Waals surface area contributed by atoms with E-state index < -0.39 is 0 Å². The zero-order valence-corrected chi connectivity index (χ0v) is 22.8. The monoisotopic (exact) mass is 515 g/mol. The largest absolute Gasteiger partial charge is 0.338 e. The Hall–Kier alpha value is -3.52. The maximum absolute atomic E-state index is 13.0. The average molecular weight is 516 g/mol. The number of aromatic nitrogens is 2. The molecule has 8 heteroatoms. The number of rotatable bonds is 6. The molecule has 38 heavy (non-hydrogen) atoms. The molecule has 3 heterocycles. The van der Waals surface area contributed by atoms with Gasteiger partial charge in [0.25, 0.3) is 0 Å². The highest BCUT2D eigenvalue weighted by atomic mass is 16.5. The highest BCUT2D eigenvalue weighted by Crippen LogP contribution is 2.29. The second kappa shape index (κ2) is 10.7. The Morgan fingerprint density at radius 3 is 2.47 bits per heavy atom. The summed E-state index contributed by atoms with van der Waals surface area (Å²) in [5.41, 5.74) is 4.98. The molecular weight excluding hydrogens is 478 g/mol. The van der Waals surface area contributed by atoms with Crippen molar-refractivity contribution in [1.82, 2.24) is 15.0 Å². The number of amides is 2. The number of benzene rings is 2. The van der Waals surface area contributed by atoms with E-state index in [1.165, 1.54) is 5.56 Å². The molecule has 2 aromatic carbocycles. The Bertz CT molecular complexity index is 1300. The van der Waals surface area contributed by atoms with Crippen LogP contribution in [0.4, 0.5) is 11.4 Å². The molecule has 0 saturated carbocycles. The summed E-state index contributed by atoms with van der Waals surface area (Å²) in [6, 6.07) is 14.1. The molecule has 0 spiro atoms. The lowest BCUT2D eigenvalue weighted by Gasteiger charge is -2.30. The van der Waals surface area contributed by atoms with E-state index in [-0.39, 0.29) is 23.1 Å². The maximum atomic E-state index is 13.0. The number of nitrogens with zero attached hydrogens (tertiary/aromatic N) is 4. The summed E-state index contributed by atoms with van der Waals surface area (Å²) in [6.07, 6.45) is 3.00. The fraction of sp³-hybridized carbons (Fsp3) is 0.467. The molecule has 0 aliphatic carbocycles. The highest BCUT2D eigenvalue weighted by molar-refractivity contribution is 5.98. The van der Waals surface area contributed by atoms with Gasteiger partial charge in [-0.2, -0.15) is 4.98 Å². The van der Waals surface area contributed by atoms with Gasteiger partial charge in [0.2, 0.25) is 23.5 Å². The van der Waals surface area contributed by atoms with Crippen molar-refractivity contribution in [3.8, 4) is 11.4 Å². The minimum absolute atomic E-state index is 0.0333. The van der Waals surface area contributed by atoms with E-state index in [4.69, 9.17) is 4.52 Å². The van der Waals surface area contributed by atoms with Crippen molar-refractivity contribution in [3.63, 3.8) is 0 Å². The maximum Gasteiger partial charge on any atom is 0.241 e. The minimum Gasteiger partial charge on any atom is -0.338 e. The summed E-state index contributed by atoms with van der Waals surface area (Å²) < 4.78 is 5.53. The minimum atomic E-state index is -0.0519. The number of carbonyl (C=O) groups is 2. The molecule has 5 rings (SSSR count). The van der Waals surface area contributed by atoms with Gasteiger partial charge in [-0.25, -0.2) is 0 Å². The van der Waals surface area contributed by atoms with Crippen LogP contribution in [0.25, 0.3) is 11.4 Å². The van der Waals surface area contributed by atoms with Crippen LogP contribution in [0.3, 0.4) is 0 Å². The molecule has 2 fully saturated rings. The van der Waals surface area contributed by atoms with Gasteiger partial charge in [0.1, 0.15) is 0 Å². The molecule has 0 bridgehead atoms. The number of aryl methyl sites for hydroxylation is 1.